The highest BCUT2D eigenvalue weighted by molar-refractivity contribution is 8.03. The van der Waals surface area contributed by atoms with Crippen LogP contribution in [0.1, 0.15) is 37.3 Å². The van der Waals surface area contributed by atoms with E-state index < -0.39 is 0 Å². The third kappa shape index (κ3) is 5.18. The van der Waals surface area contributed by atoms with E-state index in [0.717, 1.165) is 29.7 Å². The molecule has 2 aliphatic heterocycles. The molecule has 168 valence electrons. The topological polar surface area (TPSA) is 49.9 Å². The van der Waals surface area contributed by atoms with Crippen LogP contribution in [-0.2, 0) is 22.6 Å². The molecule has 0 bridgehead atoms. The van der Waals surface area contributed by atoms with Crippen LogP contribution in [0.15, 0.2) is 71.6 Å². The van der Waals surface area contributed by atoms with Crippen LogP contribution in [0.5, 0.6) is 0 Å². The quantitative estimate of drug-likeness (QED) is 0.298. The number of nitrogens with zero attached hydrogens (tertiary/aromatic N) is 2. The molecule has 0 radical (unpaired) electrons. The van der Waals surface area contributed by atoms with Gasteiger partial charge in [0.05, 0.1) is 18.7 Å². The molecule has 0 aliphatic carbocycles. The Morgan fingerprint density at radius 1 is 1.03 bits per heavy atom. The fourth-order valence-electron chi connectivity index (χ4n) is 4.41. The van der Waals surface area contributed by atoms with Gasteiger partial charge in [-0.25, -0.2) is 4.79 Å². The molecule has 2 amide bonds. The van der Waals surface area contributed by atoms with Crippen LogP contribution in [0.3, 0.4) is 0 Å². The predicted octanol–water partition coefficient (Wildman–Crippen LogP) is 5.23. The highest BCUT2D eigenvalue weighted by Gasteiger charge is 2.50. The van der Waals surface area contributed by atoms with E-state index in [1.807, 2.05) is 64.9 Å². The molecule has 2 aliphatic rings. The number of ether oxygens (including phenoxy) is 1. The molecule has 2 aromatic carbocycles. The number of carbonyl (C=O) groups excluding carboxylic acids is 2. The van der Waals surface area contributed by atoms with Gasteiger partial charge in [0.1, 0.15) is 0 Å². The minimum Gasteiger partial charge on any atom is -0.466 e. The third-order valence-electron chi connectivity index (χ3n) is 5.93. The molecule has 0 N–H and O–H groups in total. The van der Waals surface area contributed by atoms with Crippen molar-refractivity contribution in [3.05, 3.63) is 82.8 Å². The molecular weight excluding hydrogens is 420 g/mol. The Hall–Kier alpha value is -2.73. The lowest BCUT2D eigenvalue weighted by Crippen LogP contribution is -2.35. The molecule has 0 spiro atoms. The lowest BCUT2D eigenvalue weighted by molar-refractivity contribution is -0.143. The minimum absolute atomic E-state index is 0.0685. The number of esters is 1. The van der Waals surface area contributed by atoms with Gasteiger partial charge in [0.2, 0.25) is 0 Å². The largest absolute Gasteiger partial charge is 0.466 e. The summed E-state index contributed by atoms with van der Waals surface area (Å²) in [4.78, 5) is 30.5. The van der Waals surface area contributed by atoms with E-state index in [2.05, 4.69) is 30.3 Å². The number of hydrogen-bond acceptors (Lipinski definition) is 4. The Kier molecular flexibility index (Phi) is 7.53. The minimum atomic E-state index is -0.140. The van der Waals surface area contributed by atoms with Crippen LogP contribution in [-0.4, -0.2) is 46.2 Å². The number of fused-ring (bicyclic) bond motifs is 1. The second-order valence-electron chi connectivity index (χ2n) is 8.14. The van der Waals surface area contributed by atoms with Crippen LogP contribution in [0.2, 0.25) is 0 Å². The number of benzene rings is 2. The van der Waals surface area contributed by atoms with Crippen molar-refractivity contribution in [1.82, 2.24) is 9.80 Å². The SMILES string of the molecule is CCOC(=O)CCC/C=C1\SC[C@H]2[C@@H]1N(Cc1ccccc1)C(=O)N2Cc1ccccc1. The smallest absolute Gasteiger partial charge is 0.321 e. The average molecular weight is 451 g/mol. The number of amides is 2. The Balaban J connectivity index is 1.51. The first-order valence-electron chi connectivity index (χ1n) is 11.3. The highest BCUT2D eigenvalue weighted by atomic mass is 32.2. The zero-order chi connectivity index (χ0) is 22.3. The van der Waals surface area contributed by atoms with Crippen LogP contribution in [0, 0.1) is 0 Å². The summed E-state index contributed by atoms with van der Waals surface area (Å²) < 4.78 is 5.03. The monoisotopic (exact) mass is 450 g/mol. The molecule has 2 atom stereocenters. The van der Waals surface area contributed by atoms with E-state index in [-0.39, 0.29) is 24.1 Å². The molecule has 32 heavy (non-hydrogen) atoms. The number of allylic oxidation sites excluding steroid dienone is 1. The first kappa shape index (κ1) is 22.5. The molecule has 5 nitrogen and oxygen atoms in total. The molecule has 4 rings (SSSR count). The van der Waals surface area contributed by atoms with Crippen LogP contribution in [0.25, 0.3) is 0 Å². The summed E-state index contributed by atoms with van der Waals surface area (Å²) in [6.45, 7) is 3.48. The first-order chi connectivity index (χ1) is 15.7. The summed E-state index contributed by atoms with van der Waals surface area (Å²) in [5, 5.41) is 0. The number of rotatable bonds is 9. The fraction of sp³-hybridized carbons (Fsp3) is 0.385. The second kappa shape index (κ2) is 10.7. The maximum absolute atomic E-state index is 13.5. The Labute approximate surface area is 194 Å². The van der Waals surface area contributed by atoms with Gasteiger partial charge >= 0.3 is 12.0 Å². The van der Waals surface area contributed by atoms with Crippen LogP contribution < -0.4 is 0 Å². The van der Waals surface area contributed by atoms with Gasteiger partial charge < -0.3 is 14.5 Å². The maximum atomic E-state index is 13.5. The van der Waals surface area contributed by atoms with Crippen molar-refractivity contribution in [2.24, 2.45) is 0 Å². The van der Waals surface area contributed by atoms with E-state index in [1.165, 1.54) is 4.91 Å². The van der Waals surface area contributed by atoms with Crippen molar-refractivity contribution in [3.63, 3.8) is 0 Å². The molecule has 2 aromatic rings. The van der Waals surface area contributed by atoms with Gasteiger partial charge in [-0.15, -0.1) is 11.8 Å². The van der Waals surface area contributed by atoms with E-state index >= 15 is 0 Å². The molecule has 2 heterocycles. The number of hydrogen-bond donors (Lipinski definition) is 0. The Bertz CT molecular complexity index is 948. The molecule has 6 heteroatoms. The molecule has 2 fully saturated rings. The maximum Gasteiger partial charge on any atom is 0.321 e. The number of urea groups is 1. The van der Waals surface area contributed by atoms with Gasteiger partial charge in [-0.1, -0.05) is 66.7 Å². The first-order valence-corrected chi connectivity index (χ1v) is 12.3. The molecule has 2 saturated heterocycles. The summed E-state index contributed by atoms with van der Waals surface area (Å²) in [5.74, 6) is 0.761. The summed E-state index contributed by atoms with van der Waals surface area (Å²) in [7, 11) is 0. The van der Waals surface area contributed by atoms with Crippen molar-refractivity contribution >= 4 is 23.8 Å². The lowest BCUT2D eigenvalue weighted by atomic mass is 10.1. The van der Waals surface area contributed by atoms with Crippen molar-refractivity contribution in [3.8, 4) is 0 Å². The normalized spacial score (nSPS) is 21.3. The zero-order valence-electron chi connectivity index (χ0n) is 18.5. The van der Waals surface area contributed by atoms with Gasteiger partial charge in [0, 0.05) is 30.2 Å². The van der Waals surface area contributed by atoms with Crippen molar-refractivity contribution in [2.45, 2.75) is 51.4 Å². The Morgan fingerprint density at radius 2 is 1.66 bits per heavy atom. The van der Waals surface area contributed by atoms with Gasteiger partial charge in [-0.3, -0.25) is 4.79 Å². The van der Waals surface area contributed by atoms with E-state index in [4.69, 9.17) is 4.74 Å². The number of thioether (sulfide) groups is 1. The average Bonchev–Trinajstić information content (AvgIpc) is 3.33. The molecule has 0 unspecified atom stereocenters. The summed E-state index contributed by atoms with van der Waals surface area (Å²) in [5.41, 5.74) is 2.29. The van der Waals surface area contributed by atoms with E-state index in [9.17, 15) is 9.59 Å². The summed E-state index contributed by atoms with van der Waals surface area (Å²) in [6.07, 6.45) is 4.24. The number of unbranched alkanes of at least 4 members (excludes halogenated alkanes) is 1. The third-order valence-corrected chi connectivity index (χ3v) is 7.18. The van der Waals surface area contributed by atoms with Crippen LogP contribution >= 0.6 is 11.8 Å². The lowest BCUT2D eigenvalue weighted by Gasteiger charge is -2.23. The Morgan fingerprint density at radius 3 is 2.28 bits per heavy atom. The molecule has 0 aromatic heterocycles. The van der Waals surface area contributed by atoms with Gasteiger partial charge in [0.15, 0.2) is 0 Å². The molecule has 0 saturated carbocycles. The highest BCUT2D eigenvalue weighted by Crippen LogP contribution is 2.43. The summed E-state index contributed by atoms with van der Waals surface area (Å²) >= 11 is 1.84. The predicted molar refractivity (Wildman–Crippen MR) is 128 cm³/mol. The zero-order valence-corrected chi connectivity index (χ0v) is 19.3. The summed E-state index contributed by atoms with van der Waals surface area (Å²) in [6, 6.07) is 20.7. The fourth-order valence-corrected chi connectivity index (χ4v) is 5.83. The van der Waals surface area contributed by atoms with E-state index in [1.54, 1.807) is 0 Å². The van der Waals surface area contributed by atoms with Crippen molar-refractivity contribution in [2.75, 3.05) is 12.4 Å². The van der Waals surface area contributed by atoms with E-state index in [0.29, 0.717) is 26.1 Å². The van der Waals surface area contributed by atoms with Gasteiger partial charge in [0.25, 0.3) is 0 Å². The van der Waals surface area contributed by atoms with Crippen molar-refractivity contribution in [1.29, 1.82) is 0 Å². The van der Waals surface area contributed by atoms with Crippen LogP contribution in [0.4, 0.5) is 4.79 Å². The van der Waals surface area contributed by atoms with Gasteiger partial charge in [-0.2, -0.15) is 0 Å². The van der Waals surface area contributed by atoms with Crippen molar-refractivity contribution < 1.29 is 14.3 Å². The van der Waals surface area contributed by atoms with Gasteiger partial charge in [-0.05, 0) is 30.9 Å². The number of carbonyl (C=O) groups is 2. The second-order valence-corrected chi connectivity index (χ2v) is 9.23. The molecular formula is C26H30N2O3S. The standard InChI is InChI=1S/C26H30N2O3S/c1-2-31-24(29)16-10-9-15-23-25-22(19-32-23)27(17-20-11-5-3-6-12-20)26(30)28(25)18-21-13-7-4-8-14-21/h3-8,11-15,22,25H,2,9-10,16-19H2,1H3/b23-15-/t22-,25-/m0/s1.